The van der Waals surface area contributed by atoms with Gasteiger partial charge in [0.05, 0.1) is 17.9 Å². The number of fused-ring (bicyclic) bond motifs is 2. The second-order valence-corrected chi connectivity index (χ2v) is 8.57. The first-order valence-corrected chi connectivity index (χ1v) is 11.2. The van der Waals surface area contributed by atoms with E-state index in [1.54, 1.807) is 17.8 Å². The van der Waals surface area contributed by atoms with E-state index in [4.69, 9.17) is 9.72 Å². The summed E-state index contributed by atoms with van der Waals surface area (Å²) in [6, 6.07) is 5.75. The third-order valence-corrected chi connectivity index (χ3v) is 6.45. The Morgan fingerprint density at radius 2 is 2.09 bits per heavy atom. The topological polar surface area (TPSA) is 98.4 Å². The summed E-state index contributed by atoms with van der Waals surface area (Å²) in [5, 5.41) is 11.2. The van der Waals surface area contributed by atoms with Crippen LogP contribution >= 0.6 is 0 Å². The minimum Gasteiger partial charge on any atom is -0.381 e. The summed E-state index contributed by atoms with van der Waals surface area (Å²) in [7, 11) is 1.80. The number of aromatic nitrogens is 5. The minimum absolute atomic E-state index is 0.306. The van der Waals surface area contributed by atoms with Crippen molar-refractivity contribution in [2.24, 2.45) is 0 Å². The van der Waals surface area contributed by atoms with Crippen molar-refractivity contribution in [3.05, 3.63) is 42.4 Å². The smallest absolute Gasteiger partial charge is 0.257 e. The highest BCUT2D eigenvalue weighted by Gasteiger charge is 2.39. The van der Waals surface area contributed by atoms with Gasteiger partial charge in [-0.05, 0) is 25.0 Å². The summed E-state index contributed by atoms with van der Waals surface area (Å²) in [6.07, 6.45) is 6.60. The Labute approximate surface area is 189 Å². The third-order valence-electron chi connectivity index (χ3n) is 6.45. The van der Waals surface area contributed by atoms with Crippen molar-refractivity contribution in [2.45, 2.75) is 37.5 Å². The molecule has 6 rings (SSSR count). The average molecular weight is 449 g/mol. The minimum atomic E-state index is -0.976. The standard InChI is InChI=1S/C23H24FN7O2/c1-25-20-10-18(28-22-15(11-27-31(20)22)23(32)29-19-9-17(19)24)16-12-30(13-4-7-33-8-5-13)21-14(16)3-2-6-26-21/h2-3,6,10-13,17,19,25H,4-5,7-9H2,1H3,(H,29,32). The first-order chi connectivity index (χ1) is 16.1. The molecule has 1 saturated heterocycles. The van der Waals surface area contributed by atoms with Gasteiger partial charge in [0.1, 0.15) is 23.2 Å². The zero-order valence-electron chi connectivity index (χ0n) is 18.2. The summed E-state index contributed by atoms with van der Waals surface area (Å²) in [4.78, 5) is 22.3. The summed E-state index contributed by atoms with van der Waals surface area (Å²) >= 11 is 0. The number of anilines is 1. The highest BCUT2D eigenvalue weighted by molar-refractivity contribution is 6.01. The monoisotopic (exact) mass is 449 g/mol. The van der Waals surface area contributed by atoms with Crippen LogP contribution in [0.4, 0.5) is 10.2 Å². The molecular weight excluding hydrogens is 425 g/mol. The third kappa shape index (κ3) is 3.41. The van der Waals surface area contributed by atoms with Crippen LogP contribution in [0.2, 0.25) is 0 Å². The van der Waals surface area contributed by atoms with Crippen LogP contribution in [0.5, 0.6) is 0 Å². The predicted octanol–water partition coefficient (Wildman–Crippen LogP) is 2.98. The second-order valence-electron chi connectivity index (χ2n) is 8.57. The fourth-order valence-corrected chi connectivity index (χ4v) is 4.53. The van der Waals surface area contributed by atoms with Crippen LogP contribution in [0.1, 0.15) is 35.7 Å². The molecule has 4 aromatic heterocycles. The molecule has 4 aromatic rings. The van der Waals surface area contributed by atoms with Gasteiger partial charge in [0.2, 0.25) is 0 Å². The summed E-state index contributed by atoms with van der Waals surface area (Å²) in [5.74, 6) is 0.327. The number of hydrogen-bond donors (Lipinski definition) is 2. The molecule has 33 heavy (non-hydrogen) atoms. The predicted molar refractivity (Wildman–Crippen MR) is 121 cm³/mol. The number of nitrogens with zero attached hydrogens (tertiary/aromatic N) is 5. The Kier molecular flexibility index (Phi) is 4.75. The summed E-state index contributed by atoms with van der Waals surface area (Å²) in [6.45, 7) is 1.46. The second kappa shape index (κ2) is 7.80. The fraction of sp³-hybridized carbons (Fsp3) is 0.391. The number of carbonyl (C=O) groups excluding carboxylic acids is 1. The van der Waals surface area contributed by atoms with E-state index in [0.717, 1.165) is 42.7 Å². The van der Waals surface area contributed by atoms with Gasteiger partial charge >= 0.3 is 0 Å². The number of rotatable bonds is 5. The van der Waals surface area contributed by atoms with E-state index in [2.05, 4.69) is 31.5 Å². The van der Waals surface area contributed by atoms with Crippen molar-refractivity contribution in [2.75, 3.05) is 25.6 Å². The number of ether oxygens (including phenoxy) is 1. The Morgan fingerprint density at radius 1 is 1.27 bits per heavy atom. The lowest BCUT2D eigenvalue weighted by Crippen LogP contribution is -2.27. The highest BCUT2D eigenvalue weighted by Crippen LogP contribution is 2.35. The number of amides is 1. The lowest BCUT2D eigenvalue weighted by Gasteiger charge is -2.24. The molecule has 9 nitrogen and oxygen atoms in total. The van der Waals surface area contributed by atoms with Gasteiger partial charge in [-0.3, -0.25) is 4.79 Å². The van der Waals surface area contributed by atoms with Gasteiger partial charge in [0.25, 0.3) is 5.91 Å². The van der Waals surface area contributed by atoms with Gasteiger partial charge in [-0.1, -0.05) is 0 Å². The number of hydrogen-bond acceptors (Lipinski definition) is 6. The number of alkyl halides is 1. The van der Waals surface area contributed by atoms with Gasteiger partial charge in [0.15, 0.2) is 5.65 Å². The van der Waals surface area contributed by atoms with E-state index in [-0.39, 0.29) is 5.91 Å². The summed E-state index contributed by atoms with van der Waals surface area (Å²) in [5.41, 5.74) is 3.28. The molecule has 10 heteroatoms. The highest BCUT2D eigenvalue weighted by atomic mass is 19.1. The lowest BCUT2D eigenvalue weighted by molar-refractivity contribution is 0.0706. The van der Waals surface area contributed by atoms with E-state index in [0.29, 0.717) is 35.2 Å². The lowest BCUT2D eigenvalue weighted by atomic mass is 10.1. The molecule has 1 aliphatic heterocycles. The normalized spacial score (nSPS) is 20.9. The average Bonchev–Trinajstić information content (AvgIpc) is 3.24. The van der Waals surface area contributed by atoms with Gasteiger partial charge < -0.3 is 19.9 Å². The molecule has 1 aliphatic carbocycles. The summed E-state index contributed by atoms with van der Waals surface area (Å²) < 4.78 is 22.7. The maximum atomic E-state index is 13.3. The van der Waals surface area contributed by atoms with E-state index in [1.807, 2.05) is 18.2 Å². The first kappa shape index (κ1) is 20.1. The van der Waals surface area contributed by atoms with Crippen LogP contribution in [-0.4, -0.2) is 62.5 Å². The van der Waals surface area contributed by atoms with Crippen molar-refractivity contribution in [3.8, 4) is 11.3 Å². The molecule has 2 atom stereocenters. The number of nitrogens with one attached hydrogen (secondary N) is 2. The molecule has 170 valence electrons. The fourth-order valence-electron chi connectivity index (χ4n) is 4.53. The zero-order valence-corrected chi connectivity index (χ0v) is 18.2. The molecule has 5 heterocycles. The van der Waals surface area contributed by atoms with Crippen molar-refractivity contribution >= 4 is 28.4 Å². The molecule has 2 aliphatic rings. The van der Waals surface area contributed by atoms with Crippen LogP contribution < -0.4 is 10.6 Å². The van der Waals surface area contributed by atoms with Crippen molar-refractivity contribution in [1.82, 2.24) is 29.5 Å². The molecule has 1 saturated carbocycles. The number of carbonyl (C=O) groups is 1. The maximum Gasteiger partial charge on any atom is 0.257 e. The quantitative estimate of drug-likeness (QED) is 0.486. The first-order valence-electron chi connectivity index (χ1n) is 11.2. The van der Waals surface area contributed by atoms with Gasteiger partial charge in [-0.2, -0.15) is 9.61 Å². The Balaban J connectivity index is 1.48. The molecule has 0 radical (unpaired) electrons. The van der Waals surface area contributed by atoms with E-state index >= 15 is 0 Å². The van der Waals surface area contributed by atoms with E-state index < -0.39 is 12.2 Å². The van der Waals surface area contributed by atoms with Crippen LogP contribution in [0.3, 0.4) is 0 Å². The molecule has 2 N–H and O–H groups in total. The van der Waals surface area contributed by atoms with Crippen LogP contribution in [0.25, 0.3) is 27.9 Å². The van der Waals surface area contributed by atoms with Crippen molar-refractivity contribution in [3.63, 3.8) is 0 Å². The zero-order chi connectivity index (χ0) is 22.5. The van der Waals surface area contributed by atoms with Gasteiger partial charge in [0, 0.05) is 62.1 Å². The molecular formula is C23H24FN7O2. The van der Waals surface area contributed by atoms with Crippen LogP contribution in [-0.2, 0) is 4.74 Å². The van der Waals surface area contributed by atoms with Crippen molar-refractivity contribution < 1.29 is 13.9 Å². The van der Waals surface area contributed by atoms with E-state index in [9.17, 15) is 9.18 Å². The van der Waals surface area contributed by atoms with Crippen LogP contribution in [0, 0.1) is 0 Å². The maximum absolute atomic E-state index is 13.3. The molecule has 2 fully saturated rings. The van der Waals surface area contributed by atoms with Gasteiger partial charge in [-0.15, -0.1) is 0 Å². The molecule has 2 unspecified atom stereocenters. The molecule has 1 amide bonds. The van der Waals surface area contributed by atoms with Crippen molar-refractivity contribution in [1.29, 1.82) is 0 Å². The van der Waals surface area contributed by atoms with E-state index in [1.165, 1.54) is 6.20 Å². The Bertz CT molecular complexity index is 1360. The largest absolute Gasteiger partial charge is 0.381 e. The number of pyridine rings is 1. The number of halogens is 1. The molecule has 0 bridgehead atoms. The Hall–Kier alpha value is -3.53. The molecule has 0 spiro atoms. The Morgan fingerprint density at radius 3 is 2.85 bits per heavy atom. The van der Waals surface area contributed by atoms with Crippen LogP contribution in [0.15, 0.2) is 36.8 Å². The SMILES string of the molecule is CNc1cc(-c2cn(C3CCOCC3)c3ncccc23)nc2c(C(=O)NC3CC3F)cnn12. The van der Waals surface area contributed by atoms with Gasteiger partial charge in [-0.25, -0.2) is 14.4 Å². The molecule has 0 aromatic carbocycles.